The Morgan fingerprint density at radius 2 is 2.05 bits per heavy atom. The second kappa shape index (κ2) is 5.95. The largest absolute Gasteiger partial charge is 0.490 e. The summed E-state index contributed by atoms with van der Waals surface area (Å²) in [7, 11) is 0. The van der Waals surface area contributed by atoms with E-state index in [0.29, 0.717) is 11.3 Å². The number of rotatable bonds is 4. The quantitative estimate of drug-likeness (QED) is 0.910. The van der Waals surface area contributed by atoms with Gasteiger partial charge in [0.25, 0.3) is 0 Å². The summed E-state index contributed by atoms with van der Waals surface area (Å²) in [6.07, 6.45) is -4.04. The predicted molar refractivity (Wildman–Crippen MR) is 66.2 cm³/mol. The fourth-order valence-electron chi connectivity index (χ4n) is 1.36. The molecular formula is C13H16F3NO2. The lowest BCUT2D eigenvalue weighted by Crippen LogP contribution is -2.29. The first-order valence-electron chi connectivity index (χ1n) is 5.89. The van der Waals surface area contributed by atoms with Crippen molar-refractivity contribution in [2.75, 3.05) is 5.32 Å². The molecule has 3 nitrogen and oxygen atoms in total. The standard InChI is InChI=1S/C13H16F3NO2/c1-4-9(3)19-11-6-5-10(7-8(11)2)17-12(18)13(14,15)16/h5-7,9H,4H2,1-3H3,(H,17,18). The fourth-order valence-corrected chi connectivity index (χ4v) is 1.36. The third kappa shape index (κ3) is 4.46. The van der Waals surface area contributed by atoms with Crippen LogP contribution < -0.4 is 10.1 Å². The molecular weight excluding hydrogens is 259 g/mol. The summed E-state index contributed by atoms with van der Waals surface area (Å²) in [5.41, 5.74) is 0.761. The molecule has 19 heavy (non-hydrogen) atoms. The molecule has 0 aromatic heterocycles. The van der Waals surface area contributed by atoms with Crippen LogP contribution in [0.25, 0.3) is 0 Å². The molecule has 0 radical (unpaired) electrons. The molecule has 1 aromatic carbocycles. The zero-order valence-corrected chi connectivity index (χ0v) is 11.0. The molecule has 6 heteroatoms. The number of aryl methyl sites for hydroxylation is 1. The molecule has 1 atom stereocenters. The zero-order valence-electron chi connectivity index (χ0n) is 11.0. The minimum atomic E-state index is -4.89. The normalized spacial score (nSPS) is 12.9. The average Bonchev–Trinajstić information content (AvgIpc) is 2.31. The summed E-state index contributed by atoms with van der Waals surface area (Å²) in [6, 6.07) is 4.38. The van der Waals surface area contributed by atoms with E-state index in [9.17, 15) is 18.0 Å². The summed E-state index contributed by atoms with van der Waals surface area (Å²) in [5.74, 6) is -1.39. The van der Waals surface area contributed by atoms with E-state index in [0.717, 1.165) is 6.42 Å². The first-order chi connectivity index (χ1) is 8.74. The van der Waals surface area contributed by atoms with Gasteiger partial charge in [0.2, 0.25) is 0 Å². The van der Waals surface area contributed by atoms with Crippen molar-refractivity contribution >= 4 is 11.6 Å². The van der Waals surface area contributed by atoms with Gasteiger partial charge in [-0.05, 0) is 44.0 Å². The molecule has 0 fully saturated rings. The van der Waals surface area contributed by atoms with Gasteiger partial charge in [-0.2, -0.15) is 13.2 Å². The smallest absolute Gasteiger partial charge is 0.471 e. The van der Waals surface area contributed by atoms with Crippen LogP contribution in [0.2, 0.25) is 0 Å². The van der Waals surface area contributed by atoms with Crippen LogP contribution in [-0.2, 0) is 4.79 Å². The van der Waals surface area contributed by atoms with Crippen LogP contribution in [0, 0.1) is 6.92 Å². The number of hydrogen-bond acceptors (Lipinski definition) is 2. The molecule has 0 spiro atoms. The van der Waals surface area contributed by atoms with Gasteiger partial charge < -0.3 is 10.1 Å². The molecule has 0 heterocycles. The van der Waals surface area contributed by atoms with E-state index in [1.165, 1.54) is 12.1 Å². The molecule has 0 saturated heterocycles. The molecule has 1 rings (SSSR count). The van der Waals surface area contributed by atoms with Gasteiger partial charge in [0.15, 0.2) is 0 Å². The Hall–Kier alpha value is -1.72. The summed E-state index contributed by atoms with van der Waals surface area (Å²) in [4.78, 5) is 10.8. The average molecular weight is 275 g/mol. The van der Waals surface area contributed by atoms with E-state index in [2.05, 4.69) is 0 Å². The lowest BCUT2D eigenvalue weighted by Gasteiger charge is -2.16. The fraction of sp³-hybridized carbons (Fsp3) is 0.462. The minimum absolute atomic E-state index is 0.0225. The summed E-state index contributed by atoms with van der Waals surface area (Å²) in [5, 5.41) is 1.80. The van der Waals surface area contributed by atoms with E-state index < -0.39 is 12.1 Å². The number of hydrogen-bond donors (Lipinski definition) is 1. The maximum atomic E-state index is 12.1. The Morgan fingerprint density at radius 3 is 2.53 bits per heavy atom. The summed E-state index contributed by atoms with van der Waals surface area (Å²) < 4.78 is 41.9. The Bertz CT molecular complexity index is 458. The molecule has 0 aliphatic carbocycles. The Balaban J connectivity index is 2.80. The number of nitrogens with one attached hydrogen (secondary N) is 1. The molecule has 1 unspecified atom stereocenters. The topological polar surface area (TPSA) is 38.3 Å². The van der Waals surface area contributed by atoms with E-state index >= 15 is 0 Å². The number of carbonyl (C=O) groups excluding carboxylic acids is 1. The first kappa shape index (κ1) is 15.3. The maximum absolute atomic E-state index is 12.1. The van der Waals surface area contributed by atoms with Gasteiger partial charge in [0, 0.05) is 5.69 Å². The molecule has 0 saturated carbocycles. The van der Waals surface area contributed by atoms with Crippen LogP contribution in [0.3, 0.4) is 0 Å². The lowest BCUT2D eigenvalue weighted by atomic mass is 10.2. The van der Waals surface area contributed by atoms with Crippen LogP contribution in [0.5, 0.6) is 5.75 Å². The Morgan fingerprint density at radius 1 is 1.42 bits per heavy atom. The van der Waals surface area contributed by atoms with Crippen molar-refractivity contribution < 1.29 is 22.7 Å². The highest BCUT2D eigenvalue weighted by molar-refractivity contribution is 5.95. The predicted octanol–water partition coefficient (Wildman–Crippen LogP) is 3.67. The third-order valence-corrected chi connectivity index (χ3v) is 2.59. The molecule has 1 N–H and O–H groups in total. The summed E-state index contributed by atoms with van der Waals surface area (Å²) >= 11 is 0. The number of halogens is 3. The van der Waals surface area contributed by atoms with E-state index in [1.807, 2.05) is 13.8 Å². The summed E-state index contributed by atoms with van der Waals surface area (Å²) in [6.45, 7) is 5.58. The van der Waals surface area contributed by atoms with Gasteiger partial charge >= 0.3 is 12.1 Å². The van der Waals surface area contributed by atoms with Crippen molar-refractivity contribution in [3.63, 3.8) is 0 Å². The highest BCUT2D eigenvalue weighted by Crippen LogP contribution is 2.25. The van der Waals surface area contributed by atoms with Gasteiger partial charge in [-0.15, -0.1) is 0 Å². The van der Waals surface area contributed by atoms with E-state index in [4.69, 9.17) is 4.74 Å². The zero-order chi connectivity index (χ0) is 14.6. The van der Waals surface area contributed by atoms with E-state index in [1.54, 1.807) is 18.3 Å². The van der Waals surface area contributed by atoms with Crippen molar-refractivity contribution in [3.8, 4) is 5.75 Å². The van der Waals surface area contributed by atoms with Crippen LogP contribution >= 0.6 is 0 Å². The van der Waals surface area contributed by atoms with Gasteiger partial charge in [-0.25, -0.2) is 0 Å². The van der Waals surface area contributed by atoms with Gasteiger partial charge in [-0.3, -0.25) is 4.79 Å². The SMILES string of the molecule is CCC(C)Oc1ccc(NC(=O)C(F)(F)F)cc1C. The van der Waals surface area contributed by atoms with E-state index in [-0.39, 0.29) is 11.8 Å². The van der Waals surface area contributed by atoms with Gasteiger partial charge in [0.05, 0.1) is 6.10 Å². The van der Waals surface area contributed by atoms with Crippen molar-refractivity contribution in [3.05, 3.63) is 23.8 Å². The number of anilines is 1. The molecule has 0 aliphatic rings. The highest BCUT2D eigenvalue weighted by Gasteiger charge is 2.38. The van der Waals surface area contributed by atoms with Crippen LogP contribution in [0.4, 0.5) is 18.9 Å². The van der Waals surface area contributed by atoms with Crippen molar-refractivity contribution in [1.82, 2.24) is 0 Å². The van der Waals surface area contributed by atoms with Crippen LogP contribution in [0.15, 0.2) is 18.2 Å². The van der Waals surface area contributed by atoms with Gasteiger partial charge in [0.1, 0.15) is 5.75 Å². The number of benzene rings is 1. The minimum Gasteiger partial charge on any atom is -0.490 e. The third-order valence-electron chi connectivity index (χ3n) is 2.59. The second-order valence-corrected chi connectivity index (χ2v) is 4.27. The van der Waals surface area contributed by atoms with Crippen LogP contribution in [0.1, 0.15) is 25.8 Å². The van der Waals surface area contributed by atoms with Crippen molar-refractivity contribution in [2.45, 2.75) is 39.5 Å². The number of ether oxygens (including phenoxy) is 1. The highest BCUT2D eigenvalue weighted by atomic mass is 19.4. The van der Waals surface area contributed by atoms with Crippen molar-refractivity contribution in [2.24, 2.45) is 0 Å². The molecule has 0 aliphatic heterocycles. The molecule has 0 bridgehead atoms. The first-order valence-corrected chi connectivity index (χ1v) is 5.89. The Labute approximate surface area is 109 Å². The lowest BCUT2D eigenvalue weighted by molar-refractivity contribution is -0.167. The number of alkyl halides is 3. The van der Waals surface area contributed by atoms with Crippen LogP contribution in [-0.4, -0.2) is 18.2 Å². The van der Waals surface area contributed by atoms with Crippen molar-refractivity contribution in [1.29, 1.82) is 0 Å². The molecule has 106 valence electrons. The maximum Gasteiger partial charge on any atom is 0.471 e. The second-order valence-electron chi connectivity index (χ2n) is 4.27. The van der Waals surface area contributed by atoms with Gasteiger partial charge in [-0.1, -0.05) is 6.92 Å². The molecule has 1 aromatic rings. The monoisotopic (exact) mass is 275 g/mol. The number of amides is 1. The molecule has 1 amide bonds. The Kier molecular flexibility index (Phi) is 4.80. The number of carbonyl (C=O) groups is 1.